The molecule has 3 nitrogen and oxygen atoms in total. The lowest BCUT2D eigenvalue weighted by molar-refractivity contribution is 0.131. The van der Waals surface area contributed by atoms with Crippen LogP contribution in [0.1, 0.15) is 39.5 Å². The Labute approximate surface area is 105 Å². The second-order valence-corrected chi connectivity index (χ2v) is 8.30. The van der Waals surface area contributed by atoms with Gasteiger partial charge in [-0.3, -0.25) is 4.90 Å². The summed E-state index contributed by atoms with van der Waals surface area (Å²) < 4.78 is 22.8. The van der Waals surface area contributed by atoms with Crippen molar-refractivity contribution in [2.45, 2.75) is 45.6 Å². The van der Waals surface area contributed by atoms with E-state index in [0.29, 0.717) is 17.5 Å². The summed E-state index contributed by atoms with van der Waals surface area (Å²) >= 11 is 0. The highest BCUT2D eigenvalue weighted by Gasteiger charge is 2.30. The Morgan fingerprint density at radius 3 is 2.00 bits per heavy atom. The summed E-state index contributed by atoms with van der Waals surface area (Å²) in [6.45, 7) is 6.16. The molecule has 0 aromatic rings. The second kappa shape index (κ2) is 5.27. The molecule has 2 aliphatic rings. The van der Waals surface area contributed by atoms with Crippen molar-refractivity contribution in [1.29, 1.82) is 0 Å². The second-order valence-electron chi connectivity index (χ2n) is 6.00. The Morgan fingerprint density at radius 2 is 1.53 bits per heavy atom. The molecule has 0 amide bonds. The Balaban J connectivity index is 1.82. The van der Waals surface area contributed by atoms with Crippen LogP contribution in [0.5, 0.6) is 0 Å². The van der Waals surface area contributed by atoms with Gasteiger partial charge in [0.25, 0.3) is 0 Å². The maximum Gasteiger partial charge on any atom is 0.152 e. The van der Waals surface area contributed by atoms with Crippen LogP contribution in [0.15, 0.2) is 0 Å². The maximum atomic E-state index is 11.4. The lowest BCUT2D eigenvalue weighted by Gasteiger charge is -2.39. The molecule has 0 aromatic carbocycles. The fourth-order valence-electron chi connectivity index (χ4n) is 3.23. The normalized spacial score (nSPS) is 35.0. The molecule has 0 N–H and O–H groups in total. The third-order valence-electron chi connectivity index (χ3n) is 4.58. The highest BCUT2D eigenvalue weighted by Crippen LogP contribution is 2.32. The molecule has 100 valence electrons. The molecule has 0 radical (unpaired) electrons. The van der Waals surface area contributed by atoms with Gasteiger partial charge >= 0.3 is 0 Å². The van der Waals surface area contributed by atoms with Crippen molar-refractivity contribution in [3.05, 3.63) is 0 Å². The quantitative estimate of drug-likeness (QED) is 0.760. The Bertz CT molecular complexity index is 328. The van der Waals surface area contributed by atoms with E-state index < -0.39 is 9.84 Å². The first-order chi connectivity index (χ1) is 7.98. The number of nitrogens with zero attached hydrogens (tertiary/aromatic N) is 1. The molecule has 2 rings (SSSR count). The minimum atomic E-state index is -2.72. The average molecular weight is 259 g/mol. The Hall–Kier alpha value is -0.0900. The van der Waals surface area contributed by atoms with E-state index in [2.05, 4.69) is 18.7 Å². The van der Waals surface area contributed by atoms with Gasteiger partial charge in [-0.05, 0) is 37.5 Å². The van der Waals surface area contributed by atoms with Crippen LogP contribution >= 0.6 is 0 Å². The lowest BCUT2D eigenvalue weighted by atomic mass is 9.79. The average Bonchev–Trinajstić information content (AvgIpc) is 2.29. The summed E-state index contributed by atoms with van der Waals surface area (Å²) in [6.07, 6.45) is 5.18. The number of rotatable bonds is 2. The van der Waals surface area contributed by atoms with Crippen LogP contribution in [-0.2, 0) is 9.84 Å². The monoisotopic (exact) mass is 259 g/mol. The topological polar surface area (TPSA) is 37.4 Å². The summed E-state index contributed by atoms with van der Waals surface area (Å²) in [4.78, 5) is 2.41. The van der Waals surface area contributed by atoms with Crippen molar-refractivity contribution in [1.82, 2.24) is 4.90 Å². The fraction of sp³-hybridized carbons (Fsp3) is 1.00. The number of hydrogen-bond acceptors (Lipinski definition) is 3. The molecule has 4 heteroatoms. The van der Waals surface area contributed by atoms with Crippen LogP contribution in [-0.4, -0.2) is 44.0 Å². The predicted molar refractivity (Wildman–Crippen MR) is 70.8 cm³/mol. The van der Waals surface area contributed by atoms with Crippen LogP contribution in [0.2, 0.25) is 0 Å². The van der Waals surface area contributed by atoms with Crippen molar-refractivity contribution in [3.63, 3.8) is 0 Å². The fourth-order valence-corrected chi connectivity index (χ4v) is 4.45. The smallest absolute Gasteiger partial charge is 0.152 e. The molecule has 1 saturated heterocycles. The first kappa shape index (κ1) is 13.3. The maximum absolute atomic E-state index is 11.4. The van der Waals surface area contributed by atoms with Crippen molar-refractivity contribution in [3.8, 4) is 0 Å². The molecule has 17 heavy (non-hydrogen) atoms. The van der Waals surface area contributed by atoms with Gasteiger partial charge < -0.3 is 0 Å². The van der Waals surface area contributed by atoms with Crippen molar-refractivity contribution >= 4 is 9.84 Å². The van der Waals surface area contributed by atoms with Gasteiger partial charge in [-0.1, -0.05) is 13.8 Å². The third kappa shape index (κ3) is 3.44. The standard InChI is InChI=1S/C13H25NO2S/c1-11(2)12-3-5-13(6-4-12)14-7-9-17(15,16)10-8-14/h11-13H,3-10H2,1-2H3. The van der Waals surface area contributed by atoms with Crippen LogP contribution in [0.4, 0.5) is 0 Å². The van der Waals surface area contributed by atoms with E-state index in [0.717, 1.165) is 24.9 Å². The van der Waals surface area contributed by atoms with E-state index >= 15 is 0 Å². The number of sulfone groups is 1. The Kier molecular flexibility index (Phi) is 4.14. The highest BCUT2D eigenvalue weighted by atomic mass is 32.2. The molecule has 1 aliphatic carbocycles. The van der Waals surface area contributed by atoms with E-state index in [4.69, 9.17) is 0 Å². The summed E-state index contributed by atoms with van der Waals surface area (Å²) in [5.74, 6) is 2.44. The van der Waals surface area contributed by atoms with E-state index in [1.165, 1.54) is 25.7 Å². The van der Waals surface area contributed by atoms with Crippen LogP contribution in [0, 0.1) is 11.8 Å². The minimum Gasteiger partial charge on any atom is -0.298 e. The van der Waals surface area contributed by atoms with Crippen molar-refractivity contribution in [2.75, 3.05) is 24.6 Å². The zero-order valence-corrected chi connectivity index (χ0v) is 11.9. The molecule has 0 spiro atoms. The van der Waals surface area contributed by atoms with Gasteiger partial charge in [-0.25, -0.2) is 8.42 Å². The first-order valence-electron chi connectivity index (χ1n) is 6.92. The SMILES string of the molecule is CC(C)C1CCC(N2CCS(=O)(=O)CC2)CC1. The largest absolute Gasteiger partial charge is 0.298 e. The van der Waals surface area contributed by atoms with Crippen LogP contribution in [0.3, 0.4) is 0 Å². The Morgan fingerprint density at radius 1 is 1.00 bits per heavy atom. The summed E-state index contributed by atoms with van der Waals surface area (Å²) in [5, 5.41) is 0. The van der Waals surface area contributed by atoms with E-state index in [9.17, 15) is 8.42 Å². The van der Waals surface area contributed by atoms with E-state index in [1.54, 1.807) is 0 Å². The first-order valence-corrected chi connectivity index (χ1v) is 8.74. The van der Waals surface area contributed by atoms with Gasteiger partial charge in [0, 0.05) is 19.1 Å². The summed E-state index contributed by atoms with van der Waals surface area (Å²) in [7, 11) is -2.72. The number of hydrogen-bond donors (Lipinski definition) is 0. The molecular formula is C13H25NO2S. The van der Waals surface area contributed by atoms with Crippen molar-refractivity contribution in [2.24, 2.45) is 11.8 Å². The molecular weight excluding hydrogens is 234 g/mol. The third-order valence-corrected chi connectivity index (χ3v) is 6.19. The molecule has 1 aliphatic heterocycles. The van der Waals surface area contributed by atoms with Gasteiger partial charge in [-0.2, -0.15) is 0 Å². The van der Waals surface area contributed by atoms with Gasteiger partial charge in [0.15, 0.2) is 9.84 Å². The summed E-state index contributed by atoms with van der Waals surface area (Å²) in [5.41, 5.74) is 0. The highest BCUT2D eigenvalue weighted by molar-refractivity contribution is 7.91. The van der Waals surface area contributed by atoms with E-state index in [-0.39, 0.29) is 0 Å². The molecule has 1 heterocycles. The lowest BCUT2D eigenvalue weighted by Crippen LogP contribution is -2.47. The minimum absolute atomic E-state index is 0.372. The van der Waals surface area contributed by atoms with Gasteiger partial charge in [0.1, 0.15) is 0 Å². The van der Waals surface area contributed by atoms with Gasteiger partial charge in [-0.15, -0.1) is 0 Å². The molecule has 0 aromatic heterocycles. The van der Waals surface area contributed by atoms with Gasteiger partial charge in [0.05, 0.1) is 11.5 Å². The van der Waals surface area contributed by atoms with Crippen molar-refractivity contribution < 1.29 is 8.42 Å². The molecule has 0 unspecified atom stereocenters. The van der Waals surface area contributed by atoms with E-state index in [1.807, 2.05) is 0 Å². The zero-order valence-electron chi connectivity index (χ0n) is 11.1. The van der Waals surface area contributed by atoms with Crippen LogP contribution in [0.25, 0.3) is 0 Å². The molecule has 0 atom stereocenters. The molecule has 1 saturated carbocycles. The summed E-state index contributed by atoms with van der Waals surface area (Å²) in [6, 6.07) is 0.653. The molecule has 0 bridgehead atoms. The molecule has 2 fully saturated rings. The van der Waals surface area contributed by atoms with Gasteiger partial charge in [0.2, 0.25) is 0 Å². The predicted octanol–water partition coefficient (Wildman–Crippen LogP) is 1.93. The van der Waals surface area contributed by atoms with Crippen LogP contribution < -0.4 is 0 Å². The zero-order chi connectivity index (χ0) is 12.5.